The first-order valence-corrected chi connectivity index (χ1v) is 4.62. The Hall–Kier alpha value is -0.410. The minimum Gasteiger partial charge on any atom is -0.480 e. The molecule has 0 aliphatic heterocycles. The van der Waals surface area contributed by atoms with Gasteiger partial charge in [0.1, 0.15) is 5.02 Å². The van der Waals surface area contributed by atoms with E-state index in [1.54, 1.807) is 25.1 Å². The largest absolute Gasteiger partial charge is 0.480 e. The van der Waals surface area contributed by atoms with Crippen LogP contribution in [0.5, 0.6) is 5.88 Å². The molecule has 0 spiro atoms. The van der Waals surface area contributed by atoms with Gasteiger partial charge in [0.05, 0.1) is 7.11 Å². The maximum atomic E-state index is 5.90. The molecule has 0 N–H and O–H groups in total. The zero-order valence-corrected chi connectivity index (χ0v) is 7.87. The lowest BCUT2D eigenvalue weighted by Crippen LogP contribution is -1.88. The number of pyridine rings is 1. The molecule has 2 nitrogen and oxygen atoms in total. The Morgan fingerprint density at radius 1 is 1.64 bits per heavy atom. The van der Waals surface area contributed by atoms with E-state index in [4.69, 9.17) is 16.3 Å². The Morgan fingerprint density at radius 3 is 2.91 bits per heavy atom. The number of rotatable bonds is 2. The molecular formula is C7H8ClNOS. The quantitative estimate of drug-likeness (QED) is 0.668. The third-order valence-corrected chi connectivity index (χ3v) is 2.49. The molecule has 0 atom stereocenters. The number of hydrogen-bond acceptors (Lipinski definition) is 3. The SMILES string of the molecule is COc1nccc(SC)c1Cl. The van der Waals surface area contributed by atoms with E-state index in [9.17, 15) is 0 Å². The molecule has 1 aromatic heterocycles. The highest BCUT2D eigenvalue weighted by molar-refractivity contribution is 7.98. The van der Waals surface area contributed by atoms with E-state index in [-0.39, 0.29) is 0 Å². The van der Waals surface area contributed by atoms with Gasteiger partial charge in [-0.25, -0.2) is 4.98 Å². The molecule has 11 heavy (non-hydrogen) atoms. The van der Waals surface area contributed by atoms with Crippen molar-refractivity contribution in [2.24, 2.45) is 0 Å². The molecular weight excluding hydrogens is 182 g/mol. The number of hydrogen-bond donors (Lipinski definition) is 0. The summed E-state index contributed by atoms with van der Waals surface area (Å²) in [4.78, 5) is 4.92. The van der Waals surface area contributed by atoms with Gasteiger partial charge in [0.2, 0.25) is 5.88 Å². The van der Waals surface area contributed by atoms with E-state index >= 15 is 0 Å². The monoisotopic (exact) mass is 189 g/mol. The van der Waals surface area contributed by atoms with Crippen LogP contribution in [0.3, 0.4) is 0 Å². The highest BCUT2D eigenvalue weighted by Gasteiger charge is 2.05. The smallest absolute Gasteiger partial charge is 0.233 e. The van der Waals surface area contributed by atoms with Gasteiger partial charge in [-0.05, 0) is 12.3 Å². The molecule has 4 heteroatoms. The molecule has 0 radical (unpaired) electrons. The van der Waals surface area contributed by atoms with Gasteiger partial charge in [-0.3, -0.25) is 0 Å². The predicted octanol–water partition coefficient (Wildman–Crippen LogP) is 2.47. The minimum atomic E-state index is 0.485. The van der Waals surface area contributed by atoms with Crippen LogP contribution in [-0.4, -0.2) is 18.3 Å². The molecule has 1 heterocycles. The van der Waals surface area contributed by atoms with Gasteiger partial charge >= 0.3 is 0 Å². The Bertz CT molecular complexity index is 232. The minimum absolute atomic E-state index is 0.485. The van der Waals surface area contributed by atoms with Gasteiger partial charge < -0.3 is 4.74 Å². The summed E-state index contributed by atoms with van der Waals surface area (Å²) in [5.41, 5.74) is 0. The van der Waals surface area contributed by atoms with E-state index in [1.807, 2.05) is 12.3 Å². The van der Waals surface area contributed by atoms with Crippen LogP contribution in [0.2, 0.25) is 5.02 Å². The van der Waals surface area contributed by atoms with Crippen LogP contribution >= 0.6 is 23.4 Å². The number of aromatic nitrogens is 1. The second-order valence-corrected chi connectivity index (χ2v) is 3.06. The molecule has 0 saturated carbocycles. The van der Waals surface area contributed by atoms with Crippen LogP contribution in [0.1, 0.15) is 0 Å². The maximum absolute atomic E-state index is 5.90. The van der Waals surface area contributed by atoms with Crippen molar-refractivity contribution >= 4 is 23.4 Å². The van der Waals surface area contributed by atoms with Gasteiger partial charge in [0.25, 0.3) is 0 Å². The summed E-state index contributed by atoms with van der Waals surface area (Å²) in [6.07, 6.45) is 3.64. The van der Waals surface area contributed by atoms with Crippen molar-refractivity contribution in [2.75, 3.05) is 13.4 Å². The standard InChI is InChI=1S/C7H8ClNOS/c1-10-7-6(8)5(11-2)3-4-9-7/h3-4H,1-2H3. The van der Waals surface area contributed by atoms with Gasteiger partial charge in [-0.1, -0.05) is 11.6 Å². The molecule has 0 unspecified atom stereocenters. The number of methoxy groups -OCH3 is 1. The third-order valence-electron chi connectivity index (χ3n) is 1.24. The Kier molecular flexibility index (Phi) is 3.02. The molecule has 0 amide bonds. The Labute approximate surface area is 74.9 Å². The fraction of sp³-hybridized carbons (Fsp3) is 0.286. The number of nitrogens with zero attached hydrogens (tertiary/aromatic N) is 1. The summed E-state index contributed by atoms with van der Waals surface area (Å²) in [5.74, 6) is 0.485. The van der Waals surface area contributed by atoms with Crippen molar-refractivity contribution in [3.63, 3.8) is 0 Å². The van der Waals surface area contributed by atoms with E-state index in [0.717, 1.165) is 4.90 Å². The van der Waals surface area contributed by atoms with Crippen molar-refractivity contribution in [1.29, 1.82) is 0 Å². The van der Waals surface area contributed by atoms with Crippen LogP contribution in [0, 0.1) is 0 Å². The van der Waals surface area contributed by atoms with Crippen molar-refractivity contribution < 1.29 is 4.74 Å². The number of thioether (sulfide) groups is 1. The van der Waals surface area contributed by atoms with Gasteiger partial charge in [-0.2, -0.15) is 0 Å². The van der Waals surface area contributed by atoms with Crippen LogP contribution in [-0.2, 0) is 0 Å². The summed E-state index contributed by atoms with van der Waals surface area (Å²) in [7, 11) is 1.55. The second-order valence-electron chi connectivity index (χ2n) is 1.84. The Morgan fingerprint density at radius 2 is 2.36 bits per heavy atom. The van der Waals surface area contributed by atoms with Crippen molar-refractivity contribution in [2.45, 2.75) is 4.90 Å². The average Bonchev–Trinajstić information content (AvgIpc) is 2.05. The molecule has 0 aliphatic carbocycles. The lowest BCUT2D eigenvalue weighted by atomic mass is 10.5. The number of halogens is 1. The summed E-state index contributed by atoms with van der Waals surface area (Å²) in [6.45, 7) is 0. The van der Waals surface area contributed by atoms with Gasteiger partial charge in [0, 0.05) is 11.1 Å². The van der Waals surface area contributed by atoms with Crippen molar-refractivity contribution in [3.05, 3.63) is 17.3 Å². The zero-order chi connectivity index (χ0) is 8.27. The Balaban J connectivity index is 3.10. The fourth-order valence-corrected chi connectivity index (χ4v) is 1.59. The summed E-state index contributed by atoms with van der Waals surface area (Å²) < 4.78 is 4.93. The predicted molar refractivity (Wildman–Crippen MR) is 47.6 cm³/mol. The van der Waals surface area contributed by atoms with Crippen molar-refractivity contribution in [1.82, 2.24) is 4.98 Å². The molecule has 0 aromatic carbocycles. The molecule has 0 fully saturated rings. The van der Waals surface area contributed by atoms with Crippen molar-refractivity contribution in [3.8, 4) is 5.88 Å². The second kappa shape index (κ2) is 3.83. The van der Waals surface area contributed by atoms with Gasteiger partial charge in [0.15, 0.2) is 0 Å². The summed E-state index contributed by atoms with van der Waals surface area (Å²) >= 11 is 7.47. The van der Waals surface area contributed by atoms with Crippen LogP contribution in [0.25, 0.3) is 0 Å². The molecule has 1 aromatic rings. The number of ether oxygens (including phenoxy) is 1. The van der Waals surface area contributed by atoms with Gasteiger partial charge in [-0.15, -0.1) is 11.8 Å². The van der Waals surface area contributed by atoms with Crippen LogP contribution < -0.4 is 4.74 Å². The third kappa shape index (κ3) is 1.79. The highest BCUT2D eigenvalue weighted by atomic mass is 35.5. The topological polar surface area (TPSA) is 22.1 Å². The van der Waals surface area contributed by atoms with Crippen LogP contribution in [0.15, 0.2) is 17.2 Å². The fourth-order valence-electron chi connectivity index (χ4n) is 0.708. The summed E-state index contributed by atoms with van der Waals surface area (Å²) in [6, 6.07) is 1.86. The van der Waals surface area contributed by atoms with E-state index < -0.39 is 0 Å². The first-order valence-electron chi connectivity index (χ1n) is 3.02. The lowest BCUT2D eigenvalue weighted by molar-refractivity contribution is 0.397. The van der Waals surface area contributed by atoms with E-state index in [2.05, 4.69) is 4.98 Å². The first-order chi connectivity index (χ1) is 5.29. The lowest BCUT2D eigenvalue weighted by Gasteiger charge is -2.03. The molecule has 60 valence electrons. The summed E-state index contributed by atoms with van der Waals surface area (Å²) in [5, 5.41) is 0.586. The normalized spacial score (nSPS) is 9.73. The molecule has 0 saturated heterocycles. The molecule has 1 rings (SSSR count). The average molecular weight is 190 g/mol. The van der Waals surface area contributed by atoms with E-state index in [1.165, 1.54) is 0 Å². The van der Waals surface area contributed by atoms with E-state index in [0.29, 0.717) is 10.9 Å². The maximum Gasteiger partial charge on any atom is 0.233 e. The zero-order valence-electron chi connectivity index (χ0n) is 6.30. The van der Waals surface area contributed by atoms with Crippen LogP contribution in [0.4, 0.5) is 0 Å². The highest BCUT2D eigenvalue weighted by Crippen LogP contribution is 2.30. The molecule has 0 bridgehead atoms. The first kappa shape index (κ1) is 8.68. The molecule has 0 aliphatic rings.